The Kier molecular flexibility index (Phi) is 5.72. The predicted octanol–water partition coefficient (Wildman–Crippen LogP) is 3.94. The second-order valence-electron chi connectivity index (χ2n) is 6.75. The molecule has 1 aliphatic rings. The minimum absolute atomic E-state index is 0.227. The van der Waals surface area contributed by atoms with Gasteiger partial charge in [0.25, 0.3) is 0 Å². The first-order chi connectivity index (χ1) is 14.2. The van der Waals surface area contributed by atoms with Gasteiger partial charge in [0.15, 0.2) is 11.5 Å². The molecular formula is C23H21FN2O3. The first kappa shape index (κ1) is 19.0. The maximum atomic E-state index is 13.1. The van der Waals surface area contributed by atoms with E-state index in [0.29, 0.717) is 24.6 Å². The van der Waals surface area contributed by atoms with E-state index in [1.807, 2.05) is 54.6 Å². The van der Waals surface area contributed by atoms with Gasteiger partial charge in [-0.3, -0.25) is 10.1 Å². The van der Waals surface area contributed by atoms with Crippen molar-refractivity contribution in [3.05, 3.63) is 90.2 Å². The monoisotopic (exact) mass is 392 g/mol. The number of hydrogen-bond acceptors (Lipinski definition) is 4. The molecule has 0 saturated carbocycles. The number of anilines is 1. The number of rotatable bonds is 6. The SMILES string of the molecule is O=C(Nc1ccc(F)cc1)C(NCC1COc2ccccc2O1)c1ccccc1. The number of amides is 1. The zero-order valence-electron chi connectivity index (χ0n) is 15.7. The normalized spacial score (nSPS) is 16.1. The fraction of sp³-hybridized carbons (Fsp3) is 0.174. The molecule has 2 atom stereocenters. The quantitative estimate of drug-likeness (QED) is 0.667. The van der Waals surface area contributed by atoms with Crippen LogP contribution in [0, 0.1) is 5.82 Å². The lowest BCUT2D eigenvalue weighted by atomic mass is 10.1. The van der Waals surface area contributed by atoms with Crippen molar-refractivity contribution in [2.24, 2.45) is 0 Å². The summed E-state index contributed by atoms with van der Waals surface area (Å²) in [6.07, 6.45) is -0.227. The fourth-order valence-corrected chi connectivity index (χ4v) is 3.17. The number of benzene rings is 3. The summed E-state index contributed by atoms with van der Waals surface area (Å²) in [5.74, 6) is 0.824. The van der Waals surface area contributed by atoms with E-state index in [4.69, 9.17) is 9.47 Å². The third kappa shape index (κ3) is 4.73. The standard InChI is InChI=1S/C23H21FN2O3/c24-17-10-12-18(13-11-17)26-23(27)22(16-6-2-1-3-7-16)25-14-19-15-28-20-8-4-5-9-21(20)29-19/h1-13,19,22,25H,14-15H2,(H,26,27). The minimum Gasteiger partial charge on any atom is -0.486 e. The molecular weight excluding hydrogens is 371 g/mol. The molecule has 29 heavy (non-hydrogen) atoms. The Morgan fingerprint density at radius 3 is 2.41 bits per heavy atom. The number of hydrogen-bond donors (Lipinski definition) is 2. The predicted molar refractivity (Wildman–Crippen MR) is 109 cm³/mol. The lowest BCUT2D eigenvalue weighted by Gasteiger charge is -2.28. The highest BCUT2D eigenvalue weighted by atomic mass is 19.1. The van der Waals surface area contributed by atoms with Crippen LogP contribution in [0.3, 0.4) is 0 Å². The summed E-state index contributed by atoms with van der Waals surface area (Å²) in [5.41, 5.74) is 1.36. The number of nitrogens with one attached hydrogen (secondary N) is 2. The molecule has 0 aliphatic carbocycles. The Bertz CT molecular complexity index is 963. The number of fused-ring (bicyclic) bond motifs is 1. The molecule has 1 aliphatic heterocycles. The van der Waals surface area contributed by atoms with Crippen molar-refractivity contribution < 1.29 is 18.7 Å². The molecule has 148 valence electrons. The molecule has 0 radical (unpaired) electrons. The van der Waals surface area contributed by atoms with Gasteiger partial charge in [0.05, 0.1) is 0 Å². The smallest absolute Gasteiger partial charge is 0.246 e. The number of ether oxygens (including phenoxy) is 2. The van der Waals surface area contributed by atoms with Crippen LogP contribution >= 0.6 is 0 Å². The first-order valence-electron chi connectivity index (χ1n) is 9.42. The Balaban J connectivity index is 1.45. The molecule has 0 fully saturated rings. The van der Waals surface area contributed by atoms with Gasteiger partial charge in [0.2, 0.25) is 5.91 Å². The molecule has 3 aromatic rings. The summed E-state index contributed by atoms with van der Waals surface area (Å²) in [4.78, 5) is 12.9. The number of halogens is 1. The second-order valence-corrected chi connectivity index (χ2v) is 6.75. The van der Waals surface area contributed by atoms with Gasteiger partial charge in [0, 0.05) is 12.2 Å². The van der Waals surface area contributed by atoms with Crippen LogP contribution in [0.1, 0.15) is 11.6 Å². The van der Waals surface area contributed by atoms with Crippen LogP contribution in [-0.2, 0) is 4.79 Å². The number of carbonyl (C=O) groups is 1. The van der Waals surface area contributed by atoms with E-state index in [-0.39, 0.29) is 17.8 Å². The Hall–Kier alpha value is -3.38. The highest BCUT2D eigenvalue weighted by Crippen LogP contribution is 2.30. The van der Waals surface area contributed by atoms with Crippen molar-refractivity contribution in [3.8, 4) is 11.5 Å². The van der Waals surface area contributed by atoms with Crippen LogP contribution in [0.2, 0.25) is 0 Å². The van der Waals surface area contributed by atoms with Crippen molar-refractivity contribution in [2.45, 2.75) is 12.1 Å². The van der Waals surface area contributed by atoms with E-state index in [9.17, 15) is 9.18 Å². The lowest BCUT2D eigenvalue weighted by molar-refractivity contribution is -0.118. The molecule has 0 bridgehead atoms. The molecule has 0 spiro atoms. The fourth-order valence-electron chi connectivity index (χ4n) is 3.17. The van der Waals surface area contributed by atoms with E-state index in [1.165, 1.54) is 24.3 Å². The summed E-state index contributed by atoms with van der Waals surface area (Å²) in [7, 11) is 0. The van der Waals surface area contributed by atoms with Crippen molar-refractivity contribution >= 4 is 11.6 Å². The maximum Gasteiger partial charge on any atom is 0.246 e. The van der Waals surface area contributed by atoms with Crippen molar-refractivity contribution in [3.63, 3.8) is 0 Å². The van der Waals surface area contributed by atoms with E-state index >= 15 is 0 Å². The van der Waals surface area contributed by atoms with Crippen molar-refractivity contribution in [1.82, 2.24) is 5.32 Å². The largest absolute Gasteiger partial charge is 0.486 e. The van der Waals surface area contributed by atoms with Gasteiger partial charge < -0.3 is 14.8 Å². The summed E-state index contributed by atoms with van der Waals surface area (Å²) in [5, 5.41) is 6.11. The average molecular weight is 392 g/mol. The van der Waals surface area contributed by atoms with E-state index in [1.54, 1.807) is 0 Å². The maximum absolute atomic E-state index is 13.1. The molecule has 3 aromatic carbocycles. The highest BCUT2D eigenvalue weighted by Gasteiger charge is 2.25. The third-order valence-electron chi connectivity index (χ3n) is 4.62. The second kappa shape index (κ2) is 8.75. The Labute approximate surface area is 168 Å². The molecule has 1 amide bonds. The molecule has 5 nitrogen and oxygen atoms in total. The molecule has 0 aromatic heterocycles. The lowest BCUT2D eigenvalue weighted by Crippen LogP contribution is -2.42. The van der Waals surface area contributed by atoms with Crippen LogP contribution in [-0.4, -0.2) is 25.2 Å². The van der Waals surface area contributed by atoms with Crippen molar-refractivity contribution in [1.29, 1.82) is 0 Å². The van der Waals surface area contributed by atoms with Crippen LogP contribution < -0.4 is 20.1 Å². The van der Waals surface area contributed by atoms with Gasteiger partial charge >= 0.3 is 0 Å². The zero-order valence-corrected chi connectivity index (χ0v) is 15.7. The molecule has 4 rings (SSSR count). The Morgan fingerprint density at radius 1 is 0.966 bits per heavy atom. The molecule has 1 heterocycles. The van der Waals surface area contributed by atoms with Gasteiger partial charge in [-0.05, 0) is 42.0 Å². The zero-order chi connectivity index (χ0) is 20.1. The van der Waals surface area contributed by atoms with Gasteiger partial charge in [-0.25, -0.2) is 4.39 Å². The van der Waals surface area contributed by atoms with Gasteiger partial charge in [0.1, 0.15) is 24.6 Å². The van der Waals surface area contributed by atoms with Crippen molar-refractivity contribution in [2.75, 3.05) is 18.5 Å². The molecule has 2 unspecified atom stereocenters. The third-order valence-corrected chi connectivity index (χ3v) is 4.62. The molecule has 2 N–H and O–H groups in total. The minimum atomic E-state index is -0.595. The van der Waals surface area contributed by atoms with Gasteiger partial charge in [-0.15, -0.1) is 0 Å². The summed E-state index contributed by atoms with van der Waals surface area (Å²) >= 11 is 0. The van der Waals surface area contributed by atoms with Gasteiger partial charge in [-0.1, -0.05) is 42.5 Å². The van der Waals surface area contributed by atoms with Crippen LogP contribution in [0.4, 0.5) is 10.1 Å². The molecule has 6 heteroatoms. The Morgan fingerprint density at radius 2 is 1.66 bits per heavy atom. The first-order valence-corrected chi connectivity index (χ1v) is 9.42. The van der Waals surface area contributed by atoms with Crippen LogP contribution in [0.5, 0.6) is 11.5 Å². The van der Waals surface area contributed by atoms with E-state index < -0.39 is 6.04 Å². The highest BCUT2D eigenvalue weighted by molar-refractivity contribution is 5.95. The average Bonchev–Trinajstić information content (AvgIpc) is 2.76. The number of para-hydroxylation sites is 2. The summed E-state index contributed by atoms with van der Waals surface area (Å²) < 4.78 is 24.8. The van der Waals surface area contributed by atoms with E-state index in [0.717, 1.165) is 11.3 Å². The molecule has 0 saturated heterocycles. The number of carbonyl (C=O) groups excluding carboxylic acids is 1. The van der Waals surface area contributed by atoms with Gasteiger partial charge in [-0.2, -0.15) is 0 Å². The topological polar surface area (TPSA) is 59.6 Å². The van der Waals surface area contributed by atoms with Crippen LogP contribution in [0.15, 0.2) is 78.9 Å². The summed E-state index contributed by atoms with van der Waals surface area (Å²) in [6.45, 7) is 0.815. The summed E-state index contributed by atoms with van der Waals surface area (Å²) in [6, 6.07) is 22.0. The van der Waals surface area contributed by atoms with Crippen LogP contribution in [0.25, 0.3) is 0 Å². The van der Waals surface area contributed by atoms with E-state index in [2.05, 4.69) is 10.6 Å².